The average Bonchev–Trinajstić information content (AvgIpc) is 2.43. The van der Waals surface area contributed by atoms with Gasteiger partial charge in [0, 0.05) is 5.56 Å². The largest absolute Gasteiger partial charge is 0.309 e. The zero-order valence-corrected chi connectivity index (χ0v) is 11.0. The molecule has 1 N–H and O–H groups in total. The summed E-state index contributed by atoms with van der Waals surface area (Å²) in [7, 11) is 1.53. The molecule has 0 amide bonds. The van der Waals surface area contributed by atoms with Crippen molar-refractivity contribution in [3.63, 3.8) is 0 Å². The Morgan fingerprint density at radius 3 is 2.20 bits per heavy atom. The first kappa shape index (κ1) is 14.5. The van der Waals surface area contributed by atoms with Crippen molar-refractivity contribution in [1.29, 1.82) is 0 Å². The van der Waals surface area contributed by atoms with E-state index in [-0.39, 0.29) is 5.56 Å². The zero-order chi connectivity index (χ0) is 14.9. The van der Waals surface area contributed by atoms with Gasteiger partial charge in [-0.2, -0.15) is 0 Å². The Morgan fingerprint density at radius 1 is 0.900 bits per heavy atom. The van der Waals surface area contributed by atoms with Crippen molar-refractivity contribution in [2.45, 2.75) is 13.0 Å². The fourth-order valence-electron chi connectivity index (χ4n) is 2.05. The summed E-state index contributed by atoms with van der Waals surface area (Å²) in [6.07, 6.45) is 0. The average molecular weight is 283 g/mol. The van der Waals surface area contributed by atoms with Crippen LogP contribution in [0.5, 0.6) is 0 Å². The van der Waals surface area contributed by atoms with Crippen molar-refractivity contribution in [3.05, 3.63) is 70.3 Å². The molecule has 0 fully saturated rings. The molecule has 2 aromatic carbocycles. The fourth-order valence-corrected chi connectivity index (χ4v) is 2.05. The number of benzene rings is 2. The van der Waals surface area contributed by atoms with Crippen LogP contribution in [0.3, 0.4) is 0 Å². The van der Waals surface area contributed by atoms with E-state index in [1.807, 2.05) is 0 Å². The van der Waals surface area contributed by atoms with Gasteiger partial charge in [0.2, 0.25) is 0 Å². The summed E-state index contributed by atoms with van der Waals surface area (Å²) in [5.74, 6) is -4.50. The van der Waals surface area contributed by atoms with Gasteiger partial charge in [-0.1, -0.05) is 18.2 Å². The van der Waals surface area contributed by atoms with E-state index < -0.39 is 29.3 Å². The van der Waals surface area contributed by atoms with E-state index >= 15 is 0 Å². The monoisotopic (exact) mass is 283 g/mol. The molecule has 5 heteroatoms. The van der Waals surface area contributed by atoms with Crippen molar-refractivity contribution in [2.24, 2.45) is 0 Å². The van der Waals surface area contributed by atoms with Crippen LogP contribution in [-0.2, 0) is 0 Å². The molecule has 1 atom stereocenters. The lowest BCUT2D eigenvalue weighted by Crippen LogP contribution is -2.20. The van der Waals surface area contributed by atoms with E-state index in [4.69, 9.17) is 0 Å². The van der Waals surface area contributed by atoms with Gasteiger partial charge in [0.25, 0.3) is 0 Å². The van der Waals surface area contributed by atoms with Crippen LogP contribution in [0.15, 0.2) is 30.3 Å². The minimum Gasteiger partial charge on any atom is -0.309 e. The number of hydrogen-bond donors (Lipinski definition) is 1. The van der Waals surface area contributed by atoms with Crippen LogP contribution in [0.4, 0.5) is 17.6 Å². The van der Waals surface area contributed by atoms with Gasteiger partial charge in [0.15, 0.2) is 17.5 Å². The summed E-state index contributed by atoms with van der Waals surface area (Å²) in [6, 6.07) is 5.64. The summed E-state index contributed by atoms with van der Waals surface area (Å²) >= 11 is 0. The molecule has 0 aliphatic carbocycles. The lowest BCUT2D eigenvalue weighted by Gasteiger charge is -2.18. The smallest absolute Gasteiger partial charge is 0.194 e. The number of aryl methyl sites for hydroxylation is 1. The Labute approximate surface area is 114 Å². The highest BCUT2D eigenvalue weighted by Gasteiger charge is 2.21. The summed E-state index contributed by atoms with van der Waals surface area (Å²) in [6.45, 7) is 1.60. The van der Waals surface area contributed by atoms with Gasteiger partial charge >= 0.3 is 0 Å². The predicted octanol–water partition coefficient (Wildman–Crippen LogP) is 3.86. The van der Waals surface area contributed by atoms with Gasteiger partial charge < -0.3 is 5.32 Å². The third-order valence-corrected chi connectivity index (χ3v) is 3.19. The fraction of sp³-hybridized carbons (Fsp3) is 0.200. The standard InChI is InChI=1S/C15H13F4N/c1-8-3-4-9(7-12(8)17)15(20-2)10-5-6-11(16)14(19)13(10)18/h3-7,15,20H,1-2H3. The number of hydrogen-bond acceptors (Lipinski definition) is 1. The second-order valence-electron chi connectivity index (χ2n) is 4.49. The zero-order valence-electron chi connectivity index (χ0n) is 11.0. The van der Waals surface area contributed by atoms with Crippen LogP contribution in [0, 0.1) is 30.2 Å². The van der Waals surface area contributed by atoms with E-state index in [1.54, 1.807) is 19.1 Å². The molecular formula is C15H13F4N. The minimum atomic E-state index is -1.53. The van der Waals surface area contributed by atoms with E-state index in [0.29, 0.717) is 11.1 Å². The lowest BCUT2D eigenvalue weighted by molar-refractivity contribution is 0.435. The maximum Gasteiger partial charge on any atom is 0.194 e. The first-order valence-electron chi connectivity index (χ1n) is 6.02. The second kappa shape index (κ2) is 5.63. The lowest BCUT2D eigenvalue weighted by atomic mass is 9.97. The molecular weight excluding hydrogens is 270 g/mol. The number of halogens is 4. The normalized spacial score (nSPS) is 12.5. The molecule has 2 rings (SSSR count). The van der Waals surface area contributed by atoms with Crippen molar-refractivity contribution < 1.29 is 17.6 Å². The summed E-state index contributed by atoms with van der Waals surface area (Å²) in [5.41, 5.74) is 0.810. The predicted molar refractivity (Wildman–Crippen MR) is 68.4 cm³/mol. The van der Waals surface area contributed by atoms with E-state index in [2.05, 4.69) is 5.32 Å². The van der Waals surface area contributed by atoms with Crippen LogP contribution in [0.25, 0.3) is 0 Å². The quantitative estimate of drug-likeness (QED) is 0.666. The highest BCUT2D eigenvalue weighted by atomic mass is 19.2. The molecule has 0 radical (unpaired) electrons. The van der Waals surface area contributed by atoms with Gasteiger partial charge in [-0.25, -0.2) is 17.6 Å². The van der Waals surface area contributed by atoms with Crippen LogP contribution < -0.4 is 5.32 Å². The van der Waals surface area contributed by atoms with Crippen LogP contribution in [0.2, 0.25) is 0 Å². The van der Waals surface area contributed by atoms with E-state index in [1.165, 1.54) is 13.1 Å². The first-order valence-corrected chi connectivity index (χ1v) is 6.02. The molecule has 2 aromatic rings. The molecule has 0 spiro atoms. The molecule has 0 aromatic heterocycles. The third kappa shape index (κ3) is 2.54. The van der Waals surface area contributed by atoms with E-state index in [9.17, 15) is 17.6 Å². The van der Waals surface area contributed by atoms with Gasteiger partial charge in [0.05, 0.1) is 6.04 Å². The topological polar surface area (TPSA) is 12.0 Å². The maximum absolute atomic E-state index is 13.8. The Balaban J connectivity index is 2.52. The molecule has 0 aliphatic heterocycles. The summed E-state index contributed by atoms with van der Waals surface area (Å²) < 4.78 is 53.6. The van der Waals surface area contributed by atoms with Crippen molar-refractivity contribution in [2.75, 3.05) is 7.05 Å². The number of rotatable bonds is 3. The van der Waals surface area contributed by atoms with Crippen LogP contribution in [-0.4, -0.2) is 7.05 Å². The molecule has 0 saturated carbocycles. The van der Waals surface area contributed by atoms with E-state index in [0.717, 1.165) is 12.1 Å². The molecule has 0 aliphatic rings. The van der Waals surface area contributed by atoms with Crippen LogP contribution >= 0.6 is 0 Å². The molecule has 1 unspecified atom stereocenters. The van der Waals surface area contributed by atoms with Crippen molar-refractivity contribution >= 4 is 0 Å². The highest BCUT2D eigenvalue weighted by molar-refractivity contribution is 5.35. The molecule has 106 valence electrons. The highest BCUT2D eigenvalue weighted by Crippen LogP contribution is 2.27. The first-order chi connectivity index (χ1) is 9.45. The Kier molecular flexibility index (Phi) is 4.09. The molecule has 0 bridgehead atoms. The Hall–Kier alpha value is -1.88. The SMILES string of the molecule is CNC(c1ccc(C)c(F)c1)c1ccc(F)c(F)c1F. The minimum absolute atomic E-state index is 0.0744. The third-order valence-electron chi connectivity index (χ3n) is 3.19. The molecule has 0 saturated heterocycles. The van der Waals surface area contributed by atoms with Gasteiger partial charge in [-0.15, -0.1) is 0 Å². The van der Waals surface area contributed by atoms with Crippen molar-refractivity contribution in [3.8, 4) is 0 Å². The Bertz CT molecular complexity index is 640. The van der Waals surface area contributed by atoms with Crippen LogP contribution in [0.1, 0.15) is 22.7 Å². The molecule has 0 heterocycles. The van der Waals surface area contributed by atoms with Gasteiger partial charge in [-0.05, 0) is 37.2 Å². The van der Waals surface area contributed by atoms with Gasteiger partial charge in [-0.3, -0.25) is 0 Å². The Morgan fingerprint density at radius 2 is 1.60 bits per heavy atom. The summed E-state index contributed by atoms with van der Waals surface area (Å²) in [5, 5.41) is 2.77. The molecule has 20 heavy (non-hydrogen) atoms. The van der Waals surface area contributed by atoms with Crippen molar-refractivity contribution in [1.82, 2.24) is 5.32 Å². The molecule has 1 nitrogen and oxygen atoms in total. The summed E-state index contributed by atoms with van der Waals surface area (Å²) in [4.78, 5) is 0. The second-order valence-corrected chi connectivity index (χ2v) is 4.49. The number of nitrogens with one attached hydrogen (secondary N) is 1. The maximum atomic E-state index is 13.8. The van der Waals surface area contributed by atoms with Gasteiger partial charge in [0.1, 0.15) is 5.82 Å².